The summed E-state index contributed by atoms with van der Waals surface area (Å²) >= 11 is 0. The SMILES string of the molecule is COc1ccc2c(c1OC)CCN(CCCN1CCOCC1)C2. The van der Waals surface area contributed by atoms with E-state index in [-0.39, 0.29) is 0 Å². The van der Waals surface area contributed by atoms with Crippen molar-refractivity contribution in [2.24, 2.45) is 0 Å². The Bertz CT molecular complexity index is 515. The molecule has 1 aromatic carbocycles. The molecule has 0 unspecified atom stereocenters. The smallest absolute Gasteiger partial charge is 0.164 e. The normalized spacial score (nSPS) is 19.4. The van der Waals surface area contributed by atoms with Crippen molar-refractivity contribution in [3.05, 3.63) is 23.3 Å². The topological polar surface area (TPSA) is 34.2 Å². The molecule has 1 fully saturated rings. The molecule has 3 rings (SSSR count). The van der Waals surface area contributed by atoms with Crippen LogP contribution in [0.5, 0.6) is 11.5 Å². The highest BCUT2D eigenvalue weighted by molar-refractivity contribution is 5.51. The van der Waals surface area contributed by atoms with E-state index >= 15 is 0 Å². The first-order chi connectivity index (χ1) is 11.3. The molecule has 1 aromatic rings. The van der Waals surface area contributed by atoms with Gasteiger partial charge in [0.15, 0.2) is 11.5 Å². The Morgan fingerprint density at radius 2 is 1.78 bits per heavy atom. The van der Waals surface area contributed by atoms with Crippen molar-refractivity contribution in [1.82, 2.24) is 9.80 Å². The Hall–Kier alpha value is -1.30. The van der Waals surface area contributed by atoms with E-state index in [1.165, 1.54) is 24.1 Å². The molecular formula is C18H28N2O3. The summed E-state index contributed by atoms with van der Waals surface area (Å²) in [4.78, 5) is 5.06. The molecule has 23 heavy (non-hydrogen) atoms. The number of hydrogen-bond acceptors (Lipinski definition) is 5. The molecule has 128 valence electrons. The van der Waals surface area contributed by atoms with Crippen LogP contribution in [0.2, 0.25) is 0 Å². The zero-order chi connectivity index (χ0) is 16.1. The molecule has 2 aliphatic heterocycles. The Kier molecular flexibility index (Phi) is 5.75. The summed E-state index contributed by atoms with van der Waals surface area (Å²) < 4.78 is 16.4. The maximum absolute atomic E-state index is 5.57. The zero-order valence-electron chi connectivity index (χ0n) is 14.3. The molecular weight excluding hydrogens is 292 g/mol. The van der Waals surface area contributed by atoms with Gasteiger partial charge in [0.25, 0.3) is 0 Å². The van der Waals surface area contributed by atoms with Crippen LogP contribution in [0, 0.1) is 0 Å². The largest absolute Gasteiger partial charge is 0.493 e. The van der Waals surface area contributed by atoms with E-state index < -0.39 is 0 Å². The molecule has 0 saturated carbocycles. The molecule has 0 aliphatic carbocycles. The highest BCUT2D eigenvalue weighted by atomic mass is 16.5. The number of fused-ring (bicyclic) bond motifs is 1. The highest BCUT2D eigenvalue weighted by Crippen LogP contribution is 2.36. The summed E-state index contributed by atoms with van der Waals surface area (Å²) in [5.41, 5.74) is 2.69. The van der Waals surface area contributed by atoms with Crippen molar-refractivity contribution < 1.29 is 14.2 Å². The standard InChI is InChI=1S/C18H28N2O3/c1-21-17-5-4-15-14-20(9-6-16(15)18(17)22-2)8-3-7-19-10-12-23-13-11-19/h4-5H,3,6-14H2,1-2H3. The van der Waals surface area contributed by atoms with Gasteiger partial charge in [0, 0.05) is 31.7 Å². The number of morpholine rings is 1. The molecule has 2 heterocycles. The lowest BCUT2D eigenvalue weighted by atomic mass is 9.98. The summed E-state index contributed by atoms with van der Waals surface area (Å²) in [6.45, 7) is 8.39. The Labute approximate surface area is 139 Å². The minimum absolute atomic E-state index is 0.840. The third-order valence-electron chi connectivity index (χ3n) is 4.87. The maximum Gasteiger partial charge on any atom is 0.164 e. The van der Waals surface area contributed by atoms with Gasteiger partial charge in [-0.25, -0.2) is 0 Å². The molecule has 0 radical (unpaired) electrons. The minimum atomic E-state index is 0.840. The number of hydrogen-bond donors (Lipinski definition) is 0. The number of nitrogens with zero attached hydrogens (tertiary/aromatic N) is 2. The number of rotatable bonds is 6. The van der Waals surface area contributed by atoms with E-state index in [2.05, 4.69) is 15.9 Å². The molecule has 1 saturated heterocycles. The van der Waals surface area contributed by atoms with Gasteiger partial charge in [0.1, 0.15) is 0 Å². The summed E-state index contributed by atoms with van der Waals surface area (Å²) in [5.74, 6) is 1.75. The highest BCUT2D eigenvalue weighted by Gasteiger charge is 2.22. The van der Waals surface area contributed by atoms with Crippen LogP contribution in [0.4, 0.5) is 0 Å². The molecule has 0 aromatic heterocycles. The molecule has 0 atom stereocenters. The lowest BCUT2D eigenvalue weighted by molar-refractivity contribution is 0.0359. The van der Waals surface area contributed by atoms with E-state index in [1.807, 2.05) is 6.07 Å². The number of methoxy groups -OCH3 is 2. The first kappa shape index (κ1) is 16.6. The van der Waals surface area contributed by atoms with Gasteiger partial charge in [-0.3, -0.25) is 9.80 Å². The predicted octanol–water partition coefficient (Wildman–Crippen LogP) is 1.78. The molecule has 5 heteroatoms. The lowest BCUT2D eigenvalue weighted by Gasteiger charge is -2.31. The summed E-state index contributed by atoms with van der Waals surface area (Å²) in [7, 11) is 3.43. The average molecular weight is 320 g/mol. The maximum atomic E-state index is 5.57. The van der Waals surface area contributed by atoms with Crippen LogP contribution in [-0.4, -0.2) is 70.0 Å². The fraction of sp³-hybridized carbons (Fsp3) is 0.667. The van der Waals surface area contributed by atoms with Crippen molar-refractivity contribution in [3.8, 4) is 11.5 Å². The first-order valence-corrected chi connectivity index (χ1v) is 8.57. The van der Waals surface area contributed by atoms with Crippen LogP contribution in [0.1, 0.15) is 17.5 Å². The molecule has 0 spiro atoms. The Morgan fingerprint density at radius 1 is 1.00 bits per heavy atom. The van der Waals surface area contributed by atoms with Crippen LogP contribution in [0.25, 0.3) is 0 Å². The third kappa shape index (κ3) is 3.97. The van der Waals surface area contributed by atoms with E-state index in [4.69, 9.17) is 14.2 Å². The van der Waals surface area contributed by atoms with E-state index in [9.17, 15) is 0 Å². The summed E-state index contributed by atoms with van der Waals surface area (Å²) in [6.07, 6.45) is 2.26. The quantitative estimate of drug-likeness (QED) is 0.798. The van der Waals surface area contributed by atoms with Gasteiger partial charge in [0.05, 0.1) is 27.4 Å². The zero-order valence-corrected chi connectivity index (χ0v) is 14.3. The lowest BCUT2D eigenvalue weighted by Crippen LogP contribution is -2.38. The Balaban J connectivity index is 1.53. The second-order valence-corrected chi connectivity index (χ2v) is 6.27. The fourth-order valence-corrected chi connectivity index (χ4v) is 3.58. The van der Waals surface area contributed by atoms with Crippen LogP contribution in [-0.2, 0) is 17.7 Å². The van der Waals surface area contributed by atoms with Gasteiger partial charge in [-0.05, 0) is 37.6 Å². The molecule has 0 amide bonds. The predicted molar refractivity (Wildman–Crippen MR) is 90.4 cm³/mol. The van der Waals surface area contributed by atoms with Gasteiger partial charge >= 0.3 is 0 Å². The Morgan fingerprint density at radius 3 is 2.52 bits per heavy atom. The summed E-state index contributed by atoms with van der Waals surface area (Å²) in [5, 5.41) is 0. The van der Waals surface area contributed by atoms with Crippen molar-refractivity contribution in [2.45, 2.75) is 19.4 Å². The van der Waals surface area contributed by atoms with Crippen molar-refractivity contribution in [1.29, 1.82) is 0 Å². The van der Waals surface area contributed by atoms with Crippen LogP contribution < -0.4 is 9.47 Å². The van der Waals surface area contributed by atoms with Gasteiger partial charge in [0.2, 0.25) is 0 Å². The van der Waals surface area contributed by atoms with Crippen LogP contribution in [0.3, 0.4) is 0 Å². The molecule has 0 bridgehead atoms. The first-order valence-electron chi connectivity index (χ1n) is 8.57. The second-order valence-electron chi connectivity index (χ2n) is 6.27. The fourth-order valence-electron chi connectivity index (χ4n) is 3.58. The van der Waals surface area contributed by atoms with Crippen LogP contribution >= 0.6 is 0 Å². The minimum Gasteiger partial charge on any atom is -0.493 e. The van der Waals surface area contributed by atoms with Gasteiger partial charge in [-0.1, -0.05) is 6.07 Å². The van der Waals surface area contributed by atoms with Crippen molar-refractivity contribution in [3.63, 3.8) is 0 Å². The van der Waals surface area contributed by atoms with Gasteiger partial charge in [-0.15, -0.1) is 0 Å². The monoisotopic (exact) mass is 320 g/mol. The van der Waals surface area contributed by atoms with E-state index in [0.29, 0.717) is 0 Å². The van der Waals surface area contributed by atoms with Gasteiger partial charge in [-0.2, -0.15) is 0 Å². The van der Waals surface area contributed by atoms with E-state index in [1.54, 1.807) is 14.2 Å². The number of ether oxygens (including phenoxy) is 3. The third-order valence-corrected chi connectivity index (χ3v) is 4.87. The van der Waals surface area contributed by atoms with Crippen molar-refractivity contribution >= 4 is 0 Å². The molecule has 0 N–H and O–H groups in total. The molecule has 5 nitrogen and oxygen atoms in total. The number of benzene rings is 1. The van der Waals surface area contributed by atoms with Crippen LogP contribution in [0.15, 0.2) is 12.1 Å². The average Bonchev–Trinajstić information content (AvgIpc) is 2.61. The summed E-state index contributed by atoms with van der Waals surface area (Å²) in [6, 6.07) is 4.21. The second kappa shape index (κ2) is 7.99. The van der Waals surface area contributed by atoms with E-state index in [0.717, 1.165) is 63.9 Å². The van der Waals surface area contributed by atoms with Gasteiger partial charge < -0.3 is 14.2 Å². The molecule has 2 aliphatic rings. The van der Waals surface area contributed by atoms with Crippen molar-refractivity contribution in [2.75, 3.05) is 60.2 Å².